The van der Waals surface area contributed by atoms with Crippen molar-refractivity contribution in [2.75, 3.05) is 23.1 Å². The Hall–Kier alpha value is -1.60. The van der Waals surface area contributed by atoms with E-state index in [0.29, 0.717) is 30.8 Å². The number of nitrogens with zero attached hydrogens (tertiary/aromatic N) is 1. The number of amides is 1. The van der Waals surface area contributed by atoms with Gasteiger partial charge in [0.05, 0.1) is 11.4 Å². The number of sulfonamides is 1. The number of nitrogens with two attached hydrogens (primary N) is 1. The van der Waals surface area contributed by atoms with Crippen LogP contribution in [0.5, 0.6) is 0 Å². The van der Waals surface area contributed by atoms with Crippen LogP contribution < -0.4 is 15.4 Å². The highest BCUT2D eigenvalue weighted by Gasteiger charge is 2.29. The van der Waals surface area contributed by atoms with E-state index in [2.05, 4.69) is 5.32 Å². The number of hydrogen-bond acceptors (Lipinski definition) is 4. The second kappa shape index (κ2) is 7.11. The summed E-state index contributed by atoms with van der Waals surface area (Å²) in [5.41, 5.74) is 7.73. The summed E-state index contributed by atoms with van der Waals surface area (Å²) in [7, 11) is -3.21. The van der Waals surface area contributed by atoms with Gasteiger partial charge in [0.25, 0.3) is 5.91 Å². The maximum absolute atomic E-state index is 12.4. The van der Waals surface area contributed by atoms with Crippen molar-refractivity contribution in [1.82, 2.24) is 5.32 Å². The molecule has 0 bridgehead atoms. The van der Waals surface area contributed by atoms with Crippen LogP contribution in [0.3, 0.4) is 0 Å². The van der Waals surface area contributed by atoms with Gasteiger partial charge < -0.3 is 11.1 Å². The first-order valence-corrected chi connectivity index (χ1v) is 10.0. The molecule has 1 aliphatic heterocycles. The van der Waals surface area contributed by atoms with E-state index in [9.17, 15) is 13.2 Å². The molecule has 0 aromatic heterocycles. The van der Waals surface area contributed by atoms with Gasteiger partial charge in [-0.2, -0.15) is 0 Å². The molecule has 0 atom stereocenters. The van der Waals surface area contributed by atoms with Gasteiger partial charge in [-0.3, -0.25) is 9.10 Å². The third-order valence-corrected chi connectivity index (χ3v) is 6.72. The molecule has 1 amide bonds. The monoisotopic (exact) mass is 353 g/mol. The first-order valence-electron chi connectivity index (χ1n) is 8.40. The molecule has 6 nitrogen and oxygen atoms in total. The Morgan fingerprint density at radius 2 is 2.00 bits per heavy atom. The lowest BCUT2D eigenvalue weighted by Gasteiger charge is -2.27. The third kappa shape index (κ3) is 3.89. The van der Waals surface area contributed by atoms with Gasteiger partial charge in [0.2, 0.25) is 10.0 Å². The van der Waals surface area contributed by atoms with Crippen molar-refractivity contribution >= 4 is 21.6 Å². The van der Waals surface area contributed by atoms with Crippen LogP contribution in [0.2, 0.25) is 0 Å². The van der Waals surface area contributed by atoms with Crippen molar-refractivity contribution in [1.29, 1.82) is 0 Å². The first kappa shape index (κ1) is 18.7. The molecule has 1 aliphatic rings. The lowest BCUT2D eigenvalue weighted by atomic mass is 9.94. The number of carbonyl (C=O) groups excluding carboxylic acids is 1. The van der Waals surface area contributed by atoms with Crippen LogP contribution in [0.4, 0.5) is 5.69 Å². The van der Waals surface area contributed by atoms with Crippen LogP contribution in [0, 0.1) is 6.92 Å². The molecule has 0 radical (unpaired) electrons. The van der Waals surface area contributed by atoms with Gasteiger partial charge in [-0.05, 0) is 49.9 Å². The van der Waals surface area contributed by atoms with E-state index in [1.807, 2.05) is 20.8 Å². The van der Waals surface area contributed by atoms with E-state index in [4.69, 9.17) is 5.73 Å². The van der Waals surface area contributed by atoms with Crippen molar-refractivity contribution in [2.24, 2.45) is 5.73 Å². The molecule has 1 aromatic carbocycles. The van der Waals surface area contributed by atoms with Crippen LogP contribution in [0.25, 0.3) is 0 Å². The molecule has 1 aromatic rings. The van der Waals surface area contributed by atoms with Crippen molar-refractivity contribution in [3.05, 3.63) is 29.3 Å². The number of carbonyl (C=O) groups is 1. The van der Waals surface area contributed by atoms with Gasteiger partial charge in [0.1, 0.15) is 0 Å². The van der Waals surface area contributed by atoms with Crippen LogP contribution in [-0.4, -0.2) is 38.7 Å². The molecule has 1 heterocycles. The van der Waals surface area contributed by atoms with E-state index >= 15 is 0 Å². The standard InChI is InChI=1S/C17H27N3O3S/c1-4-17(18,5-2)12-19-16(21)15-8-7-14(11-13(15)3)20-9-6-10-24(20,22)23/h7-8,11H,4-6,9-10,12,18H2,1-3H3,(H,19,21). The number of nitrogens with one attached hydrogen (secondary N) is 1. The predicted octanol–water partition coefficient (Wildman–Crippen LogP) is 1.78. The number of benzene rings is 1. The average Bonchev–Trinajstić information content (AvgIpc) is 2.91. The summed E-state index contributed by atoms with van der Waals surface area (Å²) in [4.78, 5) is 12.4. The zero-order valence-corrected chi connectivity index (χ0v) is 15.4. The zero-order valence-electron chi connectivity index (χ0n) is 14.6. The summed E-state index contributed by atoms with van der Waals surface area (Å²) in [5.74, 6) is 0.000946. The van der Waals surface area contributed by atoms with Gasteiger partial charge in [-0.1, -0.05) is 13.8 Å². The number of rotatable bonds is 6. The molecule has 1 saturated heterocycles. The third-order valence-electron chi connectivity index (χ3n) is 4.85. The quantitative estimate of drug-likeness (QED) is 0.815. The second-order valence-corrected chi connectivity index (χ2v) is 8.51. The summed E-state index contributed by atoms with van der Waals surface area (Å²) >= 11 is 0. The normalized spacial score (nSPS) is 17.1. The molecule has 134 valence electrons. The van der Waals surface area contributed by atoms with Crippen LogP contribution in [-0.2, 0) is 10.0 Å². The molecule has 0 spiro atoms. The maximum Gasteiger partial charge on any atom is 0.251 e. The van der Waals surface area contributed by atoms with Crippen LogP contribution in [0.1, 0.15) is 49.0 Å². The highest BCUT2D eigenvalue weighted by Crippen LogP contribution is 2.26. The Labute approximate surface area is 144 Å². The van der Waals surface area contributed by atoms with Gasteiger partial charge in [-0.15, -0.1) is 0 Å². The Balaban J connectivity index is 2.14. The Morgan fingerprint density at radius 1 is 1.33 bits per heavy atom. The van der Waals surface area contributed by atoms with E-state index < -0.39 is 15.6 Å². The predicted molar refractivity (Wildman–Crippen MR) is 96.8 cm³/mol. The smallest absolute Gasteiger partial charge is 0.251 e. The van der Waals surface area contributed by atoms with Gasteiger partial charge in [-0.25, -0.2) is 8.42 Å². The van der Waals surface area contributed by atoms with E-state index in [0.717, 1.165) is 18.4 Å². The summed E-state index contributed by atoms with van der Waals surface area (Å²) in [6.07, 6.45) is 2.21. The number of hydrogen-bond donors (Lipinski definition) is 2. The number of anilines is 1. The lowest BCUT2D eigenvalue weighted by Crippen LogP contribution is -2.49. The largest absolute Gasteiger partial charge is 0.350 e. The summed E-state index contributed by atoms with van der Waals surface area (Å²) < 4.78 is 25.4. The molecular formula is C17H27N3O3S. The van der Waals surface area contributed by atoms with Gasteiger partial charge in [0.15, 0.2) is 0 Å². The van der Waals surface area contributed by atoms with Crippen LogP contribution in [0.15, 0.2) is 18.2 Å². The van der Waals surface area contributed by atoms with Gasteiger partial charge in [0, 0.05) is 24.2 Å². The SMILES string of the molecule is CCC(N)(CC)CNC(=O)c1ccc(N2CCCS2(=O)=O)cc1C. The van der Waals surface area contributed by atoms with E-state index in [1.54, 1.807) is 18.2 Å². The molecule has 0 aliphatic carbocycles. The fourth-order valence-electron chi connectivity index (χ4n) is 2.84. The molecule has 2 rings (SSSR count). The Morgan fingerprint density at radius 3 is 2.50 bits per heavy atom. The second-order valence-electron chi connectivity index (χ2n) is 6.49. The van der Waals surface area contributed by atoms with Crippen molar-refractivity contribution in [3.63, 3.8) is 0 Å². The zero-order chi connectivity index (χ0) is 18.0. The highest BCUT2D eigenvalue weighted by molar-refractivity contribution is 7.93. The van der Waals surface area contributed by atoms with Crippen molar-refractivity contribution in [3.8, 4) is 0 Å². The summed E-state index contributed by atoms with van der Waals surface area (Å²) in [5, 5.41) is 2.89. The van der Waals surface area contributed by atoms with Gasteiger partial charge >= 0.3 is 0 Å². The van der Waals surface area contributed by atoms with Crippen LogP contribution >= 0.6 is 0 Å². The highest BCUT2D eigenvalue weighted by atomic mass is 32.2. The summed E-state index contributed by atoms with van der Waals surface area (Å²) in [6, 6.07) is 5.14. The molecule has 24 heavy (non-hydrogen) atoms. The minimum Gasteiger partial charge on any atom is -0.350 e. The lowest BCUT2D eigenvalue weighted by molar-refractivity contribution is 0.0941. The molecule has 0 unspecified atom stereocenters. The fraction of sp³-hybridized carbons (Fsp3) is 0.588. The molecule has 0 saturated carbocycles. The minimum absolute atomic E-state index is 0.181. The summed E-state index contributed by atoms with van der Waals surface area (Å²) in [6.45, 7) is 6.74. The Kier molecular flexibility index (Phi) is 5.55. The first-order chi connectivity index (χ1) is 11.2. The fourth-order valence-corrected chi connectivity index (χ4v) is 4.40. The average molecular weight is 353 g/mol. The molecule has 1 fully saturated rings. The van der Waals surface area contributed by atoms with E-state index in [1.165, 1.54) is 4.31 Å². The number of aryl methyl sites for hydroxylation is 1. The maximum atomic E-state index is 12.4. The molecular weight excluding hydrogens is 326 g/mol. The molecule has 7 heteroatoms. The minimum atomic E-state index is -3.21. The molecule has 3 N–H and O–H groups in total. The Bertz CT molecular complexity index is 712. The topological polar surface area (TPSA) is 92.5 Å². The van der Waals surface area contributed by atoms with E-state index in [-0.39, 0.29) is 11.7 Å². The van der Waals surface area contributed by atoms with Crippen molar-refractivity contribution in [2.45, 2.75) is 45.6 Å². The van der Waals surface area contributed by atoms with Crippen molar-refractivity contribution < 1.29 is 13.2 Å².